The SMILES string of the molecule is C=CCC(CC)C1=Cc2ccccc2C1[Si](c1ccccc1)(c1ccccc1)C1c2ccccc2-c2ccccc21. The topological polar surface area (TPSA) is 0 Å². The highest BCUT2D eigenvalue weighted by molar-refractivity contribution is 7.05. The van der Waals surface area contributed by atoms with Crippen molar-refractivity contribution in [2.45, 2.75) is 30.8 Å². The molecular weight excluding hydrogens is 509 g/mol. The zero-order valence-electron chi connectivity index (χ0n) is 23.7. The van der Waals surface area contributed by atoms with Gasteiger partial charge in [0.05, 0.1) is 0 Å². The molecule has 41 heavy (non-hydrogen) atoms. The maximum absolute atomic E-state index is 4.19. The Kier molecular flexibility index (Phi) is 6.69. The Morgan fingerprint density at radius 1 is 0.610 bits per heavy atom. The fourth-order valence-electron chi connectivity index (χ4n) is 8.02. The Morgan fingerprint density at radius 2 is 1.10 bits per heavy atom. The summed E-state index contributed by atoms with van der Waals surface area (Å²) < 4.78 is 0. The van der Waals surface area contributed by atoms with Crippen LogP contribution in [0.4, 0.5) is 0 Å². The Hall–Kier alpha value is -4.20. The molecule has 5 aromatic rings. The highest BCUT2D eigenvalue weighted by Gasteiger charge is 2.57. The van der Waals surface area contributed by atoms with E-state index < -0.39 is 8.07 Å². The molecule has 2 aliphatic carbocycles. The Labute approximate surface area is 245 Å². The van der Waals surface area contributed by atoms with Crippen LogP contribution in [0.1, 0.15) is 53.1 Å². The maximum atomic E-state index is 4.19. The van der Waals surface area contributed by atoms with Crippen LogP contribution in [-0.2, 0) is 0 Å². The van der Waals surface area contributed by atoms with Crippen molar-refractivity contribution in [3.05, 3.63) is 174 Å². The van der Waals surface area contributed by atoms with E-state index in [1.54, 1.807) is 5.57 Å². The number of benzene rings is 5. The van der Waals surface area contributed by atoms with Crippen LogP contribution < -0.4 is 10.4 Å². The van der Waals surface area contributed by atoms with E-state index in [0.717, 1.165) is 12.8 Å². The first-order valence-corrected chi connectivity index (χ1v) is 17.1. The average Bonchev–Trinajstić information content (AvgIpc) is 3.59. The lowest BCUT2D eigenvalue weighted by molar-refractivity contribution is 0.587. The molecule has 0 aliphatic heterocycles. The Balaban J connectivity index is 1.65. The molecule has 1 heteroatoms. The van der Waals surface area contributed by atoms with E-state index >= 15 is 0 Å². The fourth-order valence-corrected chi connectivity index (χ4v) is 14.6. The minimum absolute atomic E-state index is 0.278. The third-order valence-corrected chi connectivity index (χ3v) is 15.3. The van der Waals surface area contributed by atoms with Gasteiger partial charge in [0.25, 0.3) is 0 Å². The van der Waals surface area contributed by atoms with Gasteiger partial charge in [-0.3, -0.25) is 0 Å². The van der Waals surface area contributed by atoms with Crippen molar-refractivity contribution in [2.24, 2.45) is 5.92 Å². The van der Waals surface area contributed by atoms with E-state index in [4.69, 9.17) is 0 Å². The first-order chi connectivity index (χ1) is 20.3. The second-order valence-electron chi connectivity index (χ2n) is 11.5. The van der Waals surface area contributed by atoms with Gasteiger partial charge in [-0.2, -0.15) is 0 Å². The van der Waals surface area contributed by atoms with Crippen LogP contribution in [0.3, 0.4) is 0 Å². The van der Waals surface area contributed by atoms with Gasteiger partial charge < -0.3 is 0 Å². The number of fused-ring (bicyclic) bond motifs is 4. The molecule has 0 radical (unpaired) electrons. The standard InChI is InChI=1S/C40H36Si/c1-3-17-29(4-2)38-28-30-18-11-12-23-33(30)39(38)41(31-19-7-5-8-20-31,32-21-9-6-10-22-32)40-36-26-15-13-24-34(36)35-25-14-16-27-37(35)40/h3,5-16,18-29,39-40H,1,4,17H2,2H3. The van der Waals surface area contributed by atoms with E-state index in [9.17, 15) is 0 Å². The molecule has 2 atom stereocenters. The van der Waals surface area contributed by atoms with Crippen LogP contribution in [0.5, 0.6) is 0 Å². The molecule has 0 saturated heterocycles. The Bertz CT molecular complexity index is 1640. The van der Waals surface area contributed by atoms with Crippen molar-refractivity contribution in [3.8, 4) is 11.1 Å². The second-order valence-corrected chi connectivity index (χ2v) is 15.6. The van der Waals surface area contributed by atoms with Gasteiger partial charge in [0.15, 0.2) is 0 Å². The first-order valence-electron chi connectivity index (χ1n) is 15.0. The molecule has 2 unspecified atom stereocenters. The quantitative estimate of drug-likeness (QED) is 0.135. The number of hydrogen-bond donors (Lipinski definition) is 0. The van der Waals surface area contributed by atoms with Gasteiger partial charge in [0, 0.05) is 11.1 Å². The molecule has 0 fully saturated rings. The molecular formula is C40H36Si. The predicted molar refractivity (Wildman–Crippen MR) is 177 cm³/mol. The van der Waals surface area contributed by atoms with Crippen molar-refractivity contribution in [1.29, 1.82) is 0 Å². The Morgan fingerprint density at radius 3 is 1.63 bits per heavy atom. The van der Waals surface area contributed by atoms with E-state index in [0.29, 0.717) is 11.5 Å². The van der Waals surface area contributed by atoms with Gasteiger partial charge in [-0.05, 0) is 52.1 Å². The molecule has 0 heterocycles. The number of allylic oxidation sites excluding steroid dienone is 2. The lowest BCUT2D eigenvalue weighted by atomic mass is 9.91. The van der Waals surface area contributed by atoms with Crippen LogP contribution in [-0.4, -0.2) is 8.07 Å². The normalized spacial score (nSPS) is 16.4. The summed E-state index contributed by atoms with van der Waals surface area (Å²) in [5.41, 5.74) is 10.8. The van der Waals surface area contributed by atoms with Crippen LogP contribution in [0.15, 0.2) is 152 Å². The average molecular weight is 545 g/mol. The van der Waals surface area contributed by atoms with Gasteiger partial charge in [-0.1, -0.05) is 168 Å². The van der Waals surface area contributed by atoms with Gasteiger partial charge in [-0.15, -0.1) is 6.58 Å². The van der Waals surface area contributed by atoms with E-state index in [1.165, 1.54) is 43.8 Å². The zero-order chi connectivity index (χ0) is 27.8. The monoisotopic (exact) mass is 544 g/mol. The summed E-state index contributed by atoms with van der Waals surface area (Å²) in [5, 5.41) is 3.01. The summed E-state index contributed by atoms with van der Waals surface area (Å²) in [6, 6.07) is 50.8. The first kappa shape index (κ1) is 25.7. The van der Waals surface area contributed by atoms with Crippen molar-refractivity contribution in [3.63, 3.8) is 0 Å². The molecule has 0 saturated carbocycles. The third kappa shape index (κ3) is 3.95. The molecule has 200 valence electrons. The van der Waals surface area contributed by atoms with Crippen LogP contribution in [0.2, 0.25) is 0 Å². The summed E-state index contributed by atoms with van der Waals surface area (Å²) in [7, 11) is -2.71. The maximum Gasteiger partial charge on any atom is 0.140 e. The number of hydrogen-bond acceptors (Lipinski definition) is 0. The van der Waals surface area contributed by atoms with E-state index in [-0.39, 0.29) is 5.54 Å². The number of rotatable bonds is 8. The molecule has 7 rings (SSSR count). The summed E-state index contributed by atoms with van der Waals surface area (Å²) in [5.74, 6) is 0.455. The van der Waals surface area contributed by atoms with Crippen LogP contribution >= 0.6 is 0 Å². The molecule has 0 N–H and O–H groups in total. The van der Waals surface area contributed by atoms with Crippen molar-refractivity contribution >= 4 is 24.5 Å². The van der Waals surface area contributed by atoms with Crippen LogP contribution in [0, 0.1) is 5.92 Å². The van der Waals surface area contributed by atoms with Gasteiger partial charge in [0.1, 0.15) is 8.07 Å². The molecule has 2 aliphatic rings. The smallest absolute Gasteiger partial charge is 0.103 e. The molecule has 0 nitrogen and oxygen atoms in total. The van der Waals surface area contributed by atoms with Crippen molar-refractivity contribution in [2.75, 3.05) is 0 Å². The summed E-state index contributed by atoms with van der Waals surface area (Å²) in [4.78, 5) is 0. The predicted octanol–water partition coefficient (Wildman–Crippen LogP) is 8.92. The largest absolute Gasteiger partial charge is 0.140 e. The van der Waals surface area contributed by atoms with E-state index in [1.807, 2.05) is 0 Å². The highest BCUT2D eigenvalue weighted by atomic mass is 28.3. The van der Waals surface area contributed by atoms with Gasteiger partial charge in [0.2, 0.25) is 0 Å². The molecule has 0 bridgehead atoms. The van der Waals surface area contributed by atoms with Gasteiger partial charge >= 0.3 is 0 Å². The second kappa shape index (κ2) is 10.6. The van der Waals surface area contributed by atoms with Crippen molar-refractivity contribution in [1.82, 2.24) is 0 Å². The molecule has 0 amide bonds. The summed E-state index contributed by atoms with van der Waals surface area (Å²) in [6.45, 7) is 6.54. The van der Waals surface area contributed by atoms with Gasteiger partial charge in [-0.25, -0.2) is 0 Å². The zero-order valence-corrected chi connectivity index (χ0v) is 24.7. The van der Waals surface area contributed by atoms with Crippen LogP contribution in [0.25, 0.3) is 17.2 Å². The third-order valence-electron chi connectivity index (χ3n) is 9.63. The highest BCUT2D eigenvalue weighted by Crippen LogP contribution is 2.56. The summed E-state index contributed by atoms with van der Waals surface area (Å²) in [6.07, 6.45) is 6.79. The molecule has 0 aromatic heterocycles. The lowest BCUT2D eigenvalue weighted by Crippen LogP contribution is -2.67. The summed E-state index contributed by atoms with van der Waals surface area (Å²) >= 11 is 0. The molecule has 5 aromatic carbocycles. The minimum Gasteiger partial charge on any atom is -0.103 e. The van der Waals surface area contributed by atoms with Crippen molar-refractivity contribution < 1.29 is 0 Å². The van der Waals surface area contributed by atoms with E-state index in [2.05, 4.69) is 159 Å². The fraction of sp³-hybridized carbons (Fsp3) is 0.150. The molecule has 0 spiro atoms. The minimum atomic E-state index is -2.71. The lowest BCUT2D eigenvalue weighted by Gasteiger charge is -2.46.